The molecule has 0 bridgehead atoms. The van der Waals surface area contributed by atoms with Crippen molar-refractivity contribution in [1.29, 1.82) is 0 Å². The van der Waals surface area contributed by atoms with E-state index in [1.807, 2.05) is 19.3 Å². The molecule has 0 spiro atoms. The predicted molar refractivity (Wildman–Crippen MR) is 72.8 cm³/mol. The van der Waals surface area contributed by atoms with Crippen molar-refractivity contribution in [3.63, 3.8) is 0 Å². The summed E-state index contributed by atoms with van der Waals surface area (Å²) in [5, 5.41) is 0.865. The highest BCUT2D eigenvalue weighted by atomic mass is 19.1. The molecule has 4 aromatic heterocycles. The van der Waals surface area contributed by atoms with Gasteiger partial charge < -0.3 is 9.38 Å². The van der Waals surface area contributed by atoms with Gasteiger partial charge >= 0.3 is 0 Å². The van der Waals surface area contributed by atoms with E-state index in [0.29, 0.717) is 5.65 Å². The van der Waals surface area contributed by atoms with E-state index in [1.165, 1.54) is 12.4 Å². The fourth-order valence-corrected chi connectivity index (χ4v) is 2.41. The summed E-state index contributed by atoms with van der Waals surface area (Å²) < 4.78 is 15.9. The molecule has 0 saturated heterocycles. The van der Waals surface area contributed by atoms with Gasteiger partial charge in [0.15, 0.2) is 11.5 Å². The molecule has 6 heteroatoms. The van der Waals surface area contributed by atoms with Gasteiger partial charge in [0.2, 0.25) is 0 Å². The number of imidazole rings is 1. The molecule has 0 saturated carbocycles. The van der Waals surface area contributed by atoms with Crippen LogP contribution in [-0.4, -0.2) is 24.3 Å². The van der Waals surface area contributed by atoms with E-state index in [1.54, 1.807) is 16.8 Å². The van der Waals surface area contributed by atoms with E-state index < -0.39 is 0 Å². The number of H-pyrrole nitrogens is 1. The summed E-state index contributed by atoms with van der Waals surface area (Å²) in [5.41, 5.74) is 3.59. The highest BCUT2D eigenvalue weighted by Gasteiger charge is 2.12. The molecule has 0 radical (unpaired) electrons. The van der Waals surface area contributed by atoms with Crippen LogP contribution in [0, 0.1) is 12.7 Å². The molecule has 98 valence electrons. The molecule has 0 aliphatic rings. The van der Waals surface area contributed by atoms with Crippen LogP contribution in [0.4, 0.5) is 4.39 Å². The summed E-state index contributed by atoms with van der Waals surface area (Å²) >= 11 is 0. The fraction of sp³-hybridized carbons (Fsp3) is 0.0714. The summed E-state index contributed by atoms with van der Waals surface area (Å²) in [4.78, 5) is 15.3. The van der Waals surface area contributed by atoms with Crippen LogP contribution in [0.2, 0.25) is 0 Å². The van der Waals surface area contributed by atoms with Gasteiger partial charge in [-0.25, -0.2) is 19.3 Å². The van der Waals surface area contributed by atoms with Crippen molar-refractivity contribution >= 4 is 16.7 Å². The number of halogens is 1. The molecule has 1 N–H and O–H groups in total. The molecule has 4 rings (SSSR count). The average molecular weight is 267 g/mol. The first-order chi connectivity index (χ1) is 9.74. The predicted octanol–water partition coefficient (Wildman–Crippen LogP) is 2.72. The van der Waals surface area contributed by atoms with Crippen molar-refractivity contribution in [3.8, 4) is 11.1 Å². The van der Waals surface area contributed by atoms with Crippen molar-refractivity contribution in [2.24, 2.45) is 0 Å². The molecule has 0 amide bonds. The lowest BCUT2D eigenvalue weighted by molar-refractivity contribution is 0.630. The highest BCUT2D eigenvalue weighted by Crippen LogP contribution is 2.28. The lowest BCUT2D eigenvalue weighted by atomic mass is 10.1. The monoisotopic (exact) mass is 267 g/mol. The van der Waals surface area contributed by atoms with E-state index in [9.17, 15) is 4.39 Å². The lowest BCUT2D eigenvalue weighted by Gasteiger charge is -2.03. The molecule has 0 aliphatic carbocycles. The molecule has 0 aliphatic heterocycles. The first-order valence-electron chi connectivity index (χ1n) is 6.15. The Morgan fingerprint density at radius 3 is 3.05 bits per heavy atom. The van der Waals surface area contributed by atoms with Crippen molar-refractivity contribution in [1.82, 2.24) is 24.3 Å². The van der Waals surface area contributed by atoms with E-state index in [2.05, 4.69) is 19.9 Å². The molecular weight excluding hydrogens is 257 g/mol. The van der Waals surface area contributed by atoms with Gasteiger partial charge in [0.1, 0.15) is 12.0 Å². The molecule has 4 aromatic rings. The zero-order valence-electron chi connectivity index (χ0n) is 10.6. The largest absolute Gasteiger partial charge is 0.345 e. The van der Waals surface area contributed by atoms with Crippen LogP contribution in [0.15, 0.2) is 37.2 Å². The van der Waals surface area contributed by atoms with Crippen LogP contribution in [0.3, 0.4) is 0 Å². The van der Waals surface area contributed by atoms with E-state index >= 15 is 0 Å². The van der Waals surface area contributed by atoms with Crippen molar-refractivity contribution in [2.45, 2.75) is 6.92 Å². The number of rotatable bonds is 1. The Kier molecular flexibility index (Phi) is 2.14. The molecule has 0 unspecified atom stereocenters. The van der Waals surface area contributed by atoms with Crippen molar-refractivity contribution < 1.29 is 4.39 Å². The second kappa shape index (κ2) is 3.86. The minimum Gasteiger partial charge on any atom is -0.345 e. The van der Waals surface area contributed by atoms with E-state index in [4.69, 9.17) is 0 Å². The SMILES string of the molecule is Cc1cnc2c(F)cc(-c3c[nH]c4ncncc34)cn12. The minimum atomic E-state index is -0.346. The molecule has 5 nitrogen and oxygen atoms in total. The second-order valence-corrected chi connectivity index (χ2v) is 4.66. The zero-order chi connectivity index (χ0) is 13.7. The van der Waals surface area contributed by atoms with Crippen LogP contribution in [0.5, 0.6) is 0 Å². The molecule has 0 aromatic carbocycles. The maximum Gasteiger partial charge on any atom is 0.173 e. The second-order valence-electron chi connectivity index (χ2n) is 4.66. The molecular formula is C14H10FN5. The summed E-state index contributed by atoms with van der Waals surface area (Å²) in [7, 11) is 0. The fourth-order valence-electron chi connectivity index (χ4n) is 2.41. The number of nitrogens with zero attached hydrogens (tertiary/aromatic N) is 4. The van der Waals surface area contributed by atoms with Gasteiger partial charge in [-0.1, -0.05) is 0 Å². The first kappa shape index (κ1) is 11.1. The minimum absolute atomic E-state index is 0.336. The van der Waals surface area contributed by atoms with Gasteiger partial charge in [0.05, 0.1) is 0 Å². The summed E-state index contributed by atoms with van der Waals surface area (Å²) in [5.74, 6) is -0.346. The third-order valence-electron chi connectivity index (χ3n) is 3.41. The third-order valence-corrected chi connectivity index (χ3v) is 3.41. The van der Waals surface area contributed by atoms with Gasteiger partial charge in [-0.3, -0.25) is 0 Å². The van der Waals surface area contributed by atoms with Crippen LogP contribution in [-0.2, 0) is 0 Å². The number of hydrogen-bond donors (Lipinski definition) is 1. The number of pyridine rings is 1. The van der Waals surface area contributed by atoms with Gasteiger partial charge in [-0.05, 0) is 13.0 Å². The summed E-state index contributed by atoms with van der Waals surface area (Å²) in [6.45, 7) is 1.89. The highest BCUT2D eigenvalue weighted by molar-refractivity contribution is 5.92. The van der Waals surface area contributed by atoms with E-state index in [0.717, 1.165) is 27.9 Å². The average Bonchev–Trinajstić information content (AvgIpc) is 3.03. The topological polar surface area (TPSA) is 58.9 Å². The molecule has 0 fully saturated rings. The van der Waals surface area contributed by atoms with Gasteiger partial charge in [0, 0.05) is 47.0 Å². The zero-order valence-corrected chi connectivity index (χ0v) is 10.6. The number of aromatic amines is 1. The molecule has 20 heavy (non-hydrogen) atoms. The van der Waals surface area contributed by atoms with Crippen LogP contribution < -0.4 is 0 Å². The molecule has 4 heterocycles. The Labute approximate surface area is 113 Å². The Morgan fingerprint density at radius 2 is 2.15 bits per heavy atom. The van der Waals surface area contributed by atoms with Gasteiger partial charge in [-0.2, -0.15) is 0 Å². The normalized spacial score (nSPS) is 11.5. The summed E-state index contributed by atoms with van der Waals surface area (Å²) in [6.07, 6.45) is 8.53. The Balaban J connectivity index is 2.04. The Hall–Kier alpha value is -2.76. The number of aromatic nitrogens is 5. The van der Waals surface area contributed by atoms with Crippen molar-refractivity contribution in [2.75, 3.05) is 0 Å². The number of nitrogens with one attached hydrogen (secondary N) is 1. The first-order valence-corrected chi connectivity index (χ1v) is 6.15. The van der Waals surface area contributed by atoms with Crippen LogP contribution in [0.25, 0.3) is 27.8 Å². The maximum atomic E-state index is 14.1. The number of fused-ring (bicyclic) bond motifs is 2. The van der Waals surface area contributed by atoms with Crippen LogP contribution >= 0.6 is 0 Å². The Bertz CT molecular complexity index is 937. The lowest BCUT2D eigenvalue weighted by Crippen LogP contribution is -1.92. The van der Waals surface area contributed by atoms with Crippen molar-refractivity contribution in [3.05, 3.63) is 48.7 Å². The molecule has 0 atom stereocenters. The number of aryl methyl sites for hydroxylation is 1. The van der Waals surface area contributed by atoms with Crippen LogP contribution in [0.1, 0.15) is 5.69 Å². The third kappa shape index (κ3) is 1.45. The summed E-state index contributed by atoms with van der Waals surface area (Å²) in [6, 6.07) is 1.48. The quantitative estimate of drug-likeness (QED) is 0.577. The standard InChI is InChI=1S/C14H10FN5/c1-8-3-18-14-12(15)2-9(6-20(8)14)10-5-17-13-11(10)4-16-7-19-13/h2-7H,1H3,(H,16,17,19). The number of hydrogen-bond acceptors (Lipinski definition) is 3. The smallest absolute Gasteiger partial charge is 0.173 e. The van der Waals surface area contributed by atoms with Gasteiger partial charge in [-0.15, -0.1) is 0 Å². The van der Waals surface area contributed by atoms with E-state index in [-0.39, 0.29) is 5.82 Å². The Morgan fingerprint density at radius 1 is 1.25 bits per heavy atom. The maximum absolute atomic E-state index is 14.1. The van der Waals surface area contributed by atoms with Gasteiger partial charge in [0.25, 0.3) is 0 Å².